The van der Waals surface area contributed by atoms with Crippen LogP contribution in [-0.4, -0.2) is 10.9 Å². The molecule has 5 nitrogen and oxygen atoms in total. The number of carbonyl (C=O) groups excluding carboxylic acids is 1. The van der Waals surface area contributed by atoms with Gasteiger partial charge in [-0.3, -0.25) is 4.79 Å². The number of nitrogens with zero attached hydrogens (tertiary/aromatic N) is 2. The van der Waals surface area contributed by atoms with Gasteiger partial charge in [0.15, 0.2) is 0 Å². The van der Waals surface area contributed by atoms with Crippen molar-refractivity contribution in [2.24, 2.45) is 0 Å². The minimum absolute atomic E-state index is 0.0221. The quantitative estimate of drug-likeness (QED) is 0.699. The van der Waals surface area contributed by atoms with Crippen LogP contribution in [0.2, 0.25) is 5.02 Å². The molecule has 0 atom stereocenters. The molecule has 3 rings (SSSR count). The van der Waals surface area contributed by atoms with E-state index in [2.05, 4.69) is 21.7 Å². The number of carbonyl (C=O) groups is 1. The molecule has 0 radical (unpaired) electrons. The van der Waals surface area contributed by atoms with E-state index >= 15 is 0 Å². The normalized spacial score (nSPS) is 10.0. The lowest BCUT2D eigenvalue weighted by Gasteiger charge is -2.10. The molecule has 2 aromatic carbocycles. The molecule has 3 aromatic rings. The Hall–Kier alpha value is -3.43. The van der Waals surface area contributed by atoms with Crippen molar-refractivity contribution >= 4 is 34.7 Å². The Morgan fingerprint density at radius 3 is 2.62 bits per heavy atom. The number of anilines is 3. The topological polar surface area (TPSA) is 77.8 Å². The van der Waals surface area contributed by atoms with Crippen LogP contribution in [0.25, 0.3) is 0 Å². The number of hydrogen-bond donors (Lipinski definition) is 2. The monoisotopic (exact) mass is 366 g/mol. The highest BCUT2D eigenvalue weighted by Crippen LogP contribution is 2.22. The molecule has 128 valence electrons. The van der Waals surface area contributed by atoms with Crippen LogP contribution in [0.1, 0.15) is 15.9 Å². The van der Waals surface area contributed by atoms with Crippen molar-refractivity contribution < 1.29 is 9.18 Å². The van der Waals surface area contributed by atoms with Gasteiger partial charge in [-0.2, -0.15) is 5.26 Å². The van der Waals surface area contributed by atoms with Gasteiger partial charge < -0.3 is 10.6 Å². The fourth-order valence-corrected chi connectivity index (χ4v) is 2.53. The molecule has 0 bridgehead atoms. The molecule has 26 heavy (non-hydrogen) atoms. The van der Waals surface area contributed by atoms with Crippen molar-refractivity contribution in [2.75, 3.05) is 10.6 Å². The van der Waals surface area contributed by atoms with Gasteiger partial charge in [0.1, 0.15) is 17.7 Å². The molecule has 1 amide bonds. The smallest absolute Gasteiger partial charge is 0.261 e. The summed E-state index contributed by atoms with van der Waals surface area (Å²) >= 11 is 5.88. The Morgan fingerprint density at radius 2 is 1.92 bits per heavy atom. The van der Waals surface area contributed by atoms with Crippen molar-refractivity contribution in [3.8, 4) is 6.07 Å². The van der Waals surface area contributed by atoms with Crippen molar-refractivity contribution in [3.05, 3.63) is 82.8 Å². The Labute approximate surface area is 154 Å². The second-order valence-electron chi connectivity index (χ2n) is 5.27. The molecular weight excluding hydrogens is 355 g/mol. The van der Waals surface area contributed by atoms with E-state index in [9.17, 15) is 9.18 Å². The van der Waals surface area contributed by atoms with Gasteiger partial charge in [-0.25, -0.2) is 9.37 Å². The van der Waals surface area contributed by atoms with Crippen LogP contribution < -0.4 is 10.6 Å². The summed E-state index contributed by atoms with van der Waals surface area (Å²) in [5.41, 5.74) is 1.54. The van der Waals surface area contributed by atoms with Gasteiger partial charge in [0.2, 0.25) is 0 Å². The SMILES string of the molecule is N#Cc1ccccc1Nc1ccc(NC(=O)c2c(F)cccc2Cl)nc1. The van der Waals surface area contributed by atoms with E-state index in [0.29, 0.717) is 16.9 Å². The van der Waals surface area contributed by atoms with Gasteiger partial charge in [0.05, 0.1) is 33.7 Å². The first-order valence-corrected chi connectivity index (χ1v) is 7.94. The fourth-order valence-electron chi connectivity index (χ4n) is 2.28. The molecule has 0 aliphatic carbocycles. The van der Waals surface area contributed by atoms with Crippen LogP contribution in [0, 0.1) is 17.1 Å². The minimum atomic E-state index is -0.707. The highest BCUT2D eigenvalue weighted by molar-refractivity contribution is 6.34. The van der Waals surface area contributed by atoms with Crippen LogP contribution in [0.5, 0.6) is 0 Å². The number of pyridine rings is 1. The van der Waals surface area contributed by atoms with Gasteiger partial charge in [-0.05, 0) is 36.4 Å². The van der Waals surface area contributed by atoms with Crippen LogP contribution in [0.3, 0.4) is 0 Å². The summed E-state index contributed by atoms with van der Waals surface area (Å²) in [4.78, 5) is 16.3. The predicted octanol–water partition coefficient (Wildman–Crippen LogP) is 4.74. The largest absolute Gasteiger partial charge is 0.353 e. The van der Waals surface area contributed by atoms with Gasteiger partial charge in [0.25, 0.3) is 5.91 Å². The number of rotatable bonds is 4. The van der Waals surface area contributed by atoms with Crippen LogP contribution >= 0.6 is 11.6 Å². The first-order valence-electron chi connectivity index (χ1n) is 7.56. The van der Waals surface area contributed by atoms with Crippen LogP contribution in [0.15, 0.2) is 60.8 Å². The molecule has 7 heteroatoms. The average Bonchev–Trinajstić information content (AvgIpc) is 2.63. The van der Waals surface area contributed by atoms with E-state index in [1.165, 1.54) is 18.3 Å². The van der Waals surface area contributed by atoms with Crippen molar-refractivity contribution in [1.29, 1.82) is 5.26 Å². The molecule has 0 aliphatic rings. The highest BCUT2D eigenvalue weighted by Gasteiger charge is 2.16. The van der Waals surface area contributed by atoms with Gasteiger partial charge in [-0.15, -0.1) is 0 Å². The minimum Gasteiger partial charge on any atom is -0.353 e. The third kappa shape index (κ3) is 3.79. The van der Waals surface area contributed by atoms with E-state index in [1.54, 1.807) is 30.3 Å². The molecule has 1 heterocycles. The molecule has 0 saturated heterocycles. The summed E-state index contributed by atoms with van der Waals surface area (Å²) in [6, 6.07) is 16.4. The lowest BCUT2D eigenvalue weighted by molar-refractivity contribution is 0.102. The van der Waals surface area contributed by atoms with E-state index in [0.717, 1.165) is 6.07 Å². The van der Waals surface area contributed by atoms with E-state index < -0.39 is 11.7 Å². The van der Waals surface area contributed by atoms with Crippen LogP contribution in [-0.2, 0) is 0 Å². The van der Waals surface area contributed by atoms with E-state index in [4.69, 9.17) is 16.9 Å². The lowest BCUT2D eigenvalue weighted by atomic mass is 10.2. The Morgan fingerprint density at radius 1 is 1.12 bits per heavy atom. The third-order valence-corrected chi connectivity index (χ3v) is 3.84. The third-order valence-electron chi connectivity index (χ3n) is 3.52. The molecular formula is C19H12ClFN4O. The second-order valence-corrected chi connectivity index (χ2v) is 5.67. The zero-order valence-electron chi connectivity index (χ0n) is 13.3. The maximum atomic E-state index is 13.8. The highest BCUT2D eigenvalue weighted by atomic mass is 35.5. The number of para-hydroxylation sites is 1. The molecule has 1 aromatic heterocycles. The van der Waals surface area contributed by atoms with E-state index in [-0.39, 0.29) is 16.4 Å². The number of hydrogen-bond acceptors (Lipinski definition) is 4. The zero-order chi connectivity index (χ0) is 18.5. The molecule has 0 fully saturated rings. The molecule has 0 unspecified atom stereocenters. The van der Waals surface area contributed by atoms with Crippen molar-refractivity contribution in [3.63, 3.8) is 0 Å². The summed E-state index contributed by atoms with van der Waals surface area (Å²) in [5, 5.41) is 14.7. The number of nitrogens with one attached hydrogen (secondary N) is 2. The summed E-state index contributed by atoms with van der Waals surface area (Å²) in [7, 11) is 0. The summed E-state index contributed by atoms with van der Waals surface area (Å²) in [5.74, 6) is -1.15. The molecule has 2 N–H and O–H groups in total. The maximum absolute atomic E-state index is 13.8. The predicted molar refractivity (Wildman–Crippen MR) is 98.0 cm³/mol. The Kier molecular flexibility index (Phi) is 5.11. The average molecular weight is 367 g/mol. The second kappa shape index (κ2) is 7.64. The van der Waals surface area contributed by atoms with Crippen molar-refractivity contribution in [1.82, 2.24) is 4.98 Å². The molecule has 0 saturated carbocycles. The van der Waals surface area contributed by atoms with Gasteiger partial charge in [0, 0.05) is 0 Å². The van der Waals surface area contributed by atoms with Crippen molar-refractivity contribution in [2.45, 2.75) is 0 Å². The summed E-state index contributed by atoms with van der Waals surface area (Å²) in [6.07, 6.45) is 1.49. The summed E-state index contributed by atoms with van der Waals surface area (Å²) in [6.45, 7) is 0. The first-order chi connectivity index (χ1) is 12.6. The van der Waals surface area contributed by atoms with Gasteiger partial charge in [-0.1, -0.05) is 29.8 Å². The molecule has 0 aliphatic heterocycles. The van der Waals surface area contributed by atoms with E-state index in [1.807, 2.05) is 6.07 Å². The number of aromatic nitrogens is 1. The standard InChI is InChI=1S/C19H12ClFN4O/c20-14-5-3-6-15(21)18(14)19(26)25-17-9-8-13(11-23-17)24-16-7-2-1-4-12(16)10-22/h1-9,11,24H,(H,23,25,26). The Bertz CT molecular complexity index is 979. The fraction of sp³-hybridized carbons (Fsp3) is 0. The maximum Gasteiger partial charge on any atom is 0.261 e. The lowest BCUT2D eigenvalue weighted by Crippen LogP contribution is -2.15. The number of amides is 1. The number of halogens is 2. The van der Waals surface area contributed by atoms with Gasteiger partial charge >= 0.3 is 0 Å². The number of nitriles is 1. The first kappa shape index (κ1) is 17.4. The van der Waals surface area contributed by atoms with Crippen LogP contribution in [0.4, 0.5) is 21.6 Å². The zero-order valence-corrected chi connectivity index (χ0v) is 14.1. The Balaban J connectivity index is 1.74. The number of benzene rings is 2. The molecule has 0 spiro atoms. The summed E-state index contributed by atoms with van der Waals surface area (Å²) < 4.78 is 13.8.